The van der Waals surface area contributed by atoms with Gasteiger partial charge in [0.1, 0.15) is 5.75 Å². The highest BCUT2D eigenvalue weighted by atomic mass is 35.5. The SMILES string of the molecule is COc1cccc2c(C)cc(=O)n(CCC(=O)Nc3cc(Cl)ccc3Cl)c12. The van der Waals surface area contributed by atoms with Gasteiger partial charge in [-0.05, 0) is 36.8 Å². The number of rotatable bonds is 5. The van der Waals surface area contributed by atoms with Crippen LogP contribution in [0.15, 0.2) is 47.3 Å². The molecule has 3 rings (SSSR count). The van der Waals surface area contributed by atoms with Crippen molar-refractivity contribution < 1.29 is 9.53 Å². The molecule has 0 atom stereocenters. The number of fused-ring (bicyclic) bond motifs is 1. The van der Waals surface area contributed by atoms with Crippen molar-refractivity contribution in [2.75, 3.05) is 12.4 Å². The first-order valence-electron chi connectivity index (χ1n) is 8.32. The van der Waals surface area contributed by atoms with Crippen LogP contribution in [0.3, 0.4) is 0 Å². The maximum Gasteiger partial charge on any atom is 0.251 e. The van der Waals surface area contributed by atoms with Crippen LogP contribution in [0.2, 0.25) is 10.0 Å². The lowest BCUT2D eigenvalue weighted by molar-refractivity contribution is -0.116. The minimum absolute atomic E-state index is 0.0962. The van der Waals surface area contributed by atoms with E-state index in [4.69, 9.17) is 27.9 Å². The number of pyridine rings is 1. The van der Waals surface area contributed by atoms with Crippen molar-refractivity contribution in [1.29, 1.82) is 0 Å². The number of benzene rings is 2. The van der Waals surface area contributed by atoms with Gasteiger partial charge in [-0.1, -0.05) is 35.3 Å². The number of ether oxygens (including phenoxy) is 1. The maximum atomic E-state index is 12.5. The Kier molecular flexibility index (Phi) is 5.73. The average molecular weight is 405 g/mol. The molecule has 2 aromatic carbocycles. The summed E-state index contributed by atoms with van der Waals surface area (Å²) in [6.07, 6.45) is 0.0962. The van der Waals surface area contributed by atoms with Gasteiger partial charge < -0.3 is 14.6 Å². The lowest BCUT2D eigenvalue weighted by atomic mass is 10.1. The predicted molar refractivity (Wildman–Crippen MR) is 109 cm³/mol. The average Bonchev–Trinajstić information content (AvgIpc) is 2.64. The molecule has 0 saturated carbocycles. The van der Waals surface area contributed by atoms with E-state index < -0.39 is 0 Å². The van der Waals surface area contributed by atoms with Crippen molar-refractivity contribution in [3.8, 4) is 5.75 Å². The zero-order valence-electron chi connectivity index (χ0n) is 14.9. The van der Waals surface area contributed by atoms with Crippen LogP contribution in [0, 0.1) is 6.92 Å². The molecule has 1 N–H and O–H groups in total. The molecule has 0 bridgehead atoms. The molecule has 0 aliphatic heterocycles. The molecule has 3 aromatic rings. The van der Waals surface area contributed by atoms with E-state index in [0.717, 1.165) is 10.9 Å². The Morgan fingerprint density at radius 2 is 1.96 bits per heavy atom. The molecule has 0 unspecified atom stereocenters. The second-order valence-corrected chi connectivity index (χ2v) is 6.94. The summed E-state index contributed by atoms with van der Waals surface area (Å²) in [6.45, 7) is 2.08. The van der Waals surface area contributed by atoms with Gasteiger partial charge >= 0.3 is 0 Å². The molecule has 0 radical (unpaired) electrons. The lowest BCUT2D eigenvalue weighted by Gasteiger charge is -2.15. The predicted octanol–water partition coefficient (Wildman–Crippen LogP) is 4.65. The van der Waals surface area contributed by atoms with Crippen LogP contribution >= 0.6 is 23.2 Å². The number of aryl methyl sites for hydroxylation is 2. The molecular weight excluding hydrogens is 387 g/mol. The summed E-state index contributed by atoms with van der Waals surface area (Å²) in [6, 6.07) is 12.0. The molecular formula is C20H18Cl2N2O3. The molecule has 0 aliphatic rings. The number of hydrogen-bond donors (Lipinski definition) is 1. The normalized spacial score (nSPS) is 10.8. The Morgan fingerprint density at radius 1 is 1.19 bits per heavy atom. The number of carbonyl (C=O) groups excluding carboxylic acids is 1. The van der Waals surface area contributed by atoms with Crippen LogP contribution < -0.4 is 15.6 Å². The first kappa shape index (κ1) is 19.3. The first-order chi connectivity index (χ1) is 12.9. The van der Waals surface area contributed by atoms with Gasteiger partial charge in [-0.3, -0.25) is 9.59 Å². The molecule has 0 saturated heterocycles. The van der Waals surface area contributed by atoms with E-state index in [1.165, 1.54) is 0 Å². The quantitative estimate of drug-likeness (QED) is 0.672. The van der Waals surface area contributed by atoms with Crippen LogP contribution in [0.1, 0.15) is 12.0 Å². The number of aromatic nitrogens is 1. The molecule has 1 amide bonds. The number of halogens is 2. The van der Waals surface area contributed by atoms with Crippen LogP contribution in [0.25, 0.3) is 10.9 Å². The lowest BCUT2D eigenvalue weighted by Crippen LogP contribution is -2.24. The summed E-state index contributed by atoms with van der Waals surface area (Å²) in [7, 11) is 1.56. The standard InChI is InChI=1S/C20H18Cl2N2O3/c1-12-10-19(26)24(20-14(12)4-3-5-17(20)27-2)9-8-18(25)23-16-11-13(21)6-7-15(16)22/h3-7,10-11H,8-9H2,1-2H3,(H,23,25). The summed E-state index contributed by atoms with van der Waals surface area (Å²) in [5.41, 5.74) is 1.80. The number of nitrogens with one attached hydrogen (secondary N) is 1. The number of anilines is 1. The molecule has 5 nitrogen and oxygen atoms in total. The first-order valence-corrected chi connectivity index (χ1v) is 9.08. The highest BCUT2D eigenvalue weighted by Gasteiger charge is 2.13. The van der Waals surface area contributed by atoms with E-state index >= 15 is 0 Å². The topological polar surface area (TPSA) is 60.3 Å². The number of nitrogens with zero attached hydrogens (tertiary/aromatic N) is 1. The molecule has 1 aromatic heterocycles. The number of carbonyl (C=O) groups is 1. The Morgan fingerprint density at radius 3 is 2.70 bits per heavy atom. The van der Waals surface area contributed by atoms with E-state index in [1.54, 1.807) is 42.0 Å². The molecule has 0 spiro atoms. The molecule has 140 valence electrons. The molecule has 0 aliphatic carbocycles. The van der Waals surface area contributed by atoms with Gasteiger partial charge in [0.25, 0.3) is 5.56 Å². The Labute approximate surface area is 166 Å². The third-order valence-corrected chi connectivity index (χ3v) is 4.85. The van der Waals surface area contributed by atoms with Crippen LogP contribution in [0.4, 0.5) is 5.69 Å². The van der Waals surface area contributed by atoms with E-state index in [1.807, 2.05) is 19.1 Å². The van der Waals surface area contributed by atoms with Crippen molar-refractivity contribution in [2.24, 2.45) is 0 Å². The largest absolute Gasteiger partial charge is 0.495 e. The van der Waals surface area contributed by atoms with Gasteiger partial charge in [0.05, 0.1) is 23.3 Å². The van der Waals surface area contributed by atoms with Gasteiger partial charge in [0, 0.05) is 29.4 Å². The fraction of sp³-hybridized carbons (Fsp3) is 0.200. The fourth-order valence-electron chi connectivity index (χ4n) is 2.98. The minimum Gasteiger partial charge on any atom is -0.495 e. The van der Waals surface area contributed by atoms with Gasteiger partial charge in [0.2, 0.25) is 5.91 Å². The van der Waals surface area contributed by atoms with Crippen molar-refractivity contribution >= 4 is 45.7 Å². The van der Waals surface area contributed by atoms with Crippen LogP contribution in [-0.4, -0.2) is 17.6 Å². The molecule has 1 heterocycles. The minimum atomic E-state index is -0.269. The zero-order valence-corrected chi connectivity index (χ0v) is 16.4. The van der Waals surface area contributed by atoms with Gasteiger partial charge in [-0.15, -0.1) is 0 Å². The Bertz CT molecular complexity index is 1080. The van der Waals surface area contributed by atoms with E-state index in [9.17, 15) is 9.59 Å². The zero-order chi connectivity index (χ0) is 19.6. The molecule has 7 heteroatoms. The third-order valence-electron chi connectivity index (χ3n) is 4.28. The maximum absolute atomic E-state index is 12.5. The number of hydrogen-bond acceptors (Lipinski definition) is 3. The smallest absolute Gasteiger partial charge is 0.251 e. The number of methoxy groups -OCH3 is 1. The summed E-state index contributed by atoms with van der Waals surface area (Å²) in [4.78, 5) is 24.9. The van der Waals surface area contributed by atoms with Crippen LogP contribution in [0.5, 0.6) is 5.75 Å². The summed E-state index contributed by atoms with van der Waals surface area (Å²) < 4.78 is 6.97. The third kappa shape index (κ3) is 4.10. The monoisotopic (exact) mass is 404 g/mol. The fourth-order valence-corrected chi connectivity index (χ4v) is 3.31. The van der Waals surface area contributed by atoms with Crippen molar-refractivity contribution in [2.45, 2.75) is 19.9 Å². The van der Waals surface area contributed by atoms with Crippen LogP contribution in [-0.2, 0) is 11.3 Å². The van der Waals surface area contributed by atoms with Crippen molar-refractivity contribution in [3.63, 3.8) is 0 Å². The number of para-hydroxylation sites is 1. The molecule has 27 heavy (non-hydrogen) atoms. The summed E-state index contributed by atoms with van der Waals surface area (Å²) >= 11 is 12.0. The van der Waals surface area contributed by atoms with Gasteiger partial charge in [0.15, 0.2) is 0 Å². The van der Waals surface area contributed by atoms with Crippen molar-refractivity contribution in [3.05, 3.63) is 68.4 Å². The van der Waals surface area contributed by atoms with E-state index in [0.29, 0.717) is 27.0 Å². The molecule has 0 fully saturated rings. The summed E-state index contributed by atoms with van der Waals surface area (Å²) in [5.74, 6) is 0.321. The number of amides is 1. The van der Waals surface area contributed by atoms with Crippen molar-refractivity contribution in [1.82, 2.24) is 4.57 Å². The van der Waals surface area contributed by atoms with E-state index in [2.05, 4.69) is 5.32 Å². The summed E-state index contributed by atoms with van der Waals surface area (Å²) in [5, 5.41) is 4.50. The van der Waals surface area contributed by atoms with Gasteiger partial charge in [-0.2, -0.15) is 0 Å². The second kappa shape index (κ2) is 8.03. The van der Waals surface area contributed by atoms with Gasteiger partial charge in [-0.25, -0.2) is 0 Å². The second-order valence-electron chi connectivity index (χ2n) is 6.10. The van der Waals surface area contributed by atoms with E-state index in [-0.39, 0.29) is 24.4 Å². The Balaban J connectivity index is 1.88. The highest BCUT2D eigenvalue weighted by molar-refractivity contribution is 6.35. The Hall–Kier alpha value is -2.50. The highest BCUT2D eigenvalue weighted by Crippen LogP contribution is 2.27.